The minimum Gasteiger partial charge on any atom is -0.496 e. The van der Waals surface area contributed by atoms with Crippen LogP contribution in [0.25, 0.3) is 0 Å². The smallest absolute Gasteiger partial charge is 0.317 e. The molecule has 3 heterocycles. The normalized spacial score (nSPS) is 24.3. The SMILES string of the molecule is COc1ccc(OC)c2c1CCN1C[C@H]3CCCN(C(=O)NCCc4ccccc4)[C@H]3C[C@@H]21. The molecule has 2 aromatic carbocycles. The Kier molecular flexibility index (Phi) is 6.45. The van der Waals surface area contributed by atoms with E-state index in [0.29, 0.717) is 12.5 Å². The fourth-order valence-electron chi connectivity index (χ4n) is 6.21. The number of carbonyl (C=O) groups excluding carboxylic acids is 1. The number of fused-ring (bicyclic) bond motifs is 4. The molecule has 0 unspecified atom stereocenters. The lowest BCUT2D eigenvalue weighted by atomic mass is 9.76. The number of methoxy groups -OCH3 is 2. The lowest BCUT2D eigenvalue weighted by molar-refractivity contribution is 0.00479. The zero-order valence-electron chi connectivity index (χ0n) is 19.8. The van der Waals surface area contributed by atoms with Crippen LogP contribution in [0.15, 0.2) is 42.5 Å². The topological polar surface area (TPSA) is 54.0 Å². The van der Waals surface area contributed by atoms with Crippen LogP contribution in [0.2, 0.25) is 0 Å². The zero-order valence-corrected chi connectivity index (χ0v) is 19.8. The predicted molar refractivity (Wildman–Crippen MR) is 129 cm³/mol. The third kappa shape index (κ3) is 4.29. The van der Waals surface area contributed by atoms with E-state index in [2.05, 4.69) is 27.2 Å². The summed E-state index contributed by atoms with van der Waals surface area (Å²) in [5, 5.41) is 3.19. The molecule has 0 spiro atoms. The Hall–Kier alpha value is -2.73. The van der Waals surface area contributed by atoms with Crippen molar-refractivity contribution in [1.82, 2.24) is 15.1 Å². The number of piperidine rings is 2. The average molecular weight is 450 g/mol. The standard InChI is InChI=1S/C27H35N3O3/c1-32-24-10-11-25(33-2)26-21(24)13-16-29-18-20-9-6-15-30(22(20)17-23(26)29)27(31)28-14-12-19-7-4-3-5-8-19/h3-5,7-8,10-11,20,22-23H,6,9,12-18H2,1-2H3,(H,28,31)/t20-,22+,23+/m1/s1. The average Bonchev–Trinajstić information content (AvgIpc) is 2.86. The Bertz CT molecular complexity index is 980. The summed E-state index contributed by atoms with van der Waals surface area (Å²) in [5.74, 6) is 2.42. The zero-order chi connectivity index (χ0) is 22.8. The number of hydrogen-bond donors (Lipinski definition) is 1. The number of nitrogens with zero attached hydrogens (tertiary/aromatic N) is 2. The highest BCUT2D eigenvalue weighted by molar-refractivity contribution is 5.74. The quantitative estimate of drug-likeness (QED) is 0.749. The second-order valence-corrected chi connectivity index (χ2v) is 9.49. The van der Waals surface area contributed by atoms with E-state index < -0.39 is 0 Å². The van der Waals surface area contributed by atoms with Crippen LogP contribution in [0.4, 0.5) is 4.79 Å². The van der Waals surface area contributed by atoms with E-state index in [1.54, 1.807) is 14.2 Å². The summed E-state index contributed by atoms with van der Waals surface area (Å²) in [6.45, 7) is 3.59. The third-order valence-electron chi connectivity index (χ3n) is 7.78. The maximum Gasteiger partial charge on any atom is 0.317 e. The molecule has 6 nitrogen and oxygen atoms in total. The molecular weight excluding hydrogens is 414 g/mol. The number of ether oxygens (including phenoxy) is 2. The van der Waals surface area contributed by atoms with E-state index in [0.717, 1.165) is 56.8 Å². The van der Waals surface area contributed by atoms with Crippen molar-refractivity contribution in [2.24, 2.45) is 5.92 Å². The molecule has 3 aliphatic rings. The molecule has 2 saturated heterocycles. The molecule has 1 N–H and O–H groups in total. The Labute approximate surface area is 196 Å². The van der Waals surface area contributed by atoms with Gasteiger partial charge < -0.3 is 19.7 Å². The fraction of sp³-hybridized carbons (Fsp3) is 0.519. The lowest BCUT2D eigenvalue weighted by Crippen LogP contribution is -2.59. The second-order valence-electron chi connectivity index (χ2n) is 9.49. The Morgan fingerprint density at radius 1 is 1.06 bits per heavy atom. The Morgan fingerprint density at radius 3 is 2.64 bits per heavy atom. The van der Waals surface area contributed by atoms with Gasteiger partial charge in [0.1, 0.15) is 11.5 Å². The monoisotopic (exact) mass is 449 g/mol. The van der Waals surface area contributed by atoms with Gasteiger partial charge in [0.15, 0.2) is 0 Å². The number of nitrogens with one attached hydrogen (secondary N) is 1. The van der Waals surface area contributed by atoms with E-state index in [4.69, 9.17) is 9.47 Å². The molecule has 5 rings (SSSR count). The van der Waals surface area contributed by atoms with Gasteiger partial charge in [0, 0.05) is 49.4 Å². The highest BCUT2D eigenvalue weighted by atomic mass is 16.5. The van der Waals surface area contributed by atoms with Crippen molar-refractivity contribution < 1.29 is 14.3 Å². The largest absolute Gasteiger partial charge is 0.496 e. The van der Waals surface area contributed by atoms with Crippen molar-refractivity contribution in [2.45, 2.75) is 44.2 Å². The van der Waals surface area contributed by atoms with Gasteiger partial charge in [-0.15, -0.1) is 0 Å². The van der Waals surface area contributed by atoms with Gasteiger partial charge in [-0.1, -0.05) is 30.3 Å². The van der Waals surface area contributed by atoms with Crippen LogP contribution >= 0.6 is 0 Å². The van der Waals surface area contributed by atoms with Crippen molar-refractivity contribution in [1.29, 1.82) is 0 Å². The maximum absolute atomic E-state index is 13.2. The van der Waals surface area contributed by atoms with Crippen molar-refractivity contribution in [3.63, 3.8) is 0 Å². The van der Waals surface area contributed by atoms with Crippen LogP contribution in [0.1, 0.15) is 42.0 Å². The molecule has 0 saturated carbocycles. The third-order valence-corrected chi connectivity index (χ3v) is 7.78. The minimum absolute atomic E-state index is 0.0859. The highest BCUT2D eigenvalue weighted by Crippen LogP contribution is 2.47. The first kappa shape index (κ1) is 22.1. The van der Waals surface area contributed by atoms with Gasteiger partial charge >= 0.3 is 6.03 Å². The Balaban J connectivity index is 1.33. The van der Waals surface area contributed by atoms with Crippen LogP contribution in [0.5, 0.6) is 11.5 Å². The van der Waals surface area contributed by atoms with Gasteiger partial charge in [-0.05, 0) is 55.7 Å². The number of urea groups is 1. The Morgan fingerprint density at radius 2 is 1.85 bits per heavy atom. The molecule has 33 heavy (non-hydrogen) atoms. The van der Waals surface area contributed by atoms with E-state index in [1.807, 2.05) is 30.3 Å². The van der Waals surface area contributed by atoms with Gasteiger partial charge in [0.2, 0.25) is 0 Å². The summed E-state index contributed by atoms with van der Waals surface area (Å²) < 4.78 is 11.5. The maximum atomic E-state index is 13.2. The molecule has 2 fully saturated rings. The van der Waals surface area contributed by atoms with Crippen LogP contribution < -0.4 is 14.8 Å². The molecule has 2 aromatic rings. The van der Waals surface area contributed by atoms with Crippen molar-refractivity contribution in [3.05, 3.63) is 59.2 Å². The number of rotatable bonds is 5. The first-order valence-corrected chi connectivity index (χ1v) is 12.3. The number of hydrogen-bond acceptors (Lipinski definition) is 4. The molecular formula is C27H35N3O3. The molecule has 0 bridgehead atoms. The van der Waals surface area contributed by atoms with Gasteiger partial charge in [0.05, 0.1) is 14.2 Å². The molecule has 6 heteroatoms. The van der Waals surface area contributed by atoms with Crippen molar-refractivity contribution in [3.8, 4) is 11.5 Å². The van der Waals surface area contributed by atoms with E-state index in [1.165, 1.54) is 23.1 Å². The lowest BCUT2D eigenvalue weighted by Gasteiger charge is -2.52. The number of likely N-dealkylation sites (tertiary alicyclic amines) is 1. The van der Waals surface area contributed by atoms with E-state index >= 15 is 0 Å². The fourth-order valence-corrected chi connectivity index (χ4v) is 6.21. The van der Waals surface area contributed by atoms with Gasteiger partial charge in [0.25, 0.3) is 0 Å². The summed E-state index contributed by atoms with van der Waals surface area (Å²) in [5.41, 5.74) is 3.78. The first-order chi connectivity index (χ1) is 16.2. The van der Waals surface area contributed by atoms with Crippen LogP contribution in [-0.2, 0) is 12.8 Å². The summed E-state index contributed by atoms with van der Waals surface area (Å²) in [6.07, 6.45) is 5.07. The van der Waals surface area contributed by atoms with Gasteiger partial charge in [-0.3, -0.25) is 4.90 Å². The molecule has 0 aliphatic carbocycles. The highest BCUT2D eigenvalue weighted by Gasteiger charge is 2.45. The number of benzene rings is 2. The number of carbonyl (C=O) groups is 1. The summed E-state index contributed by atoms with van der Waals surface area (Å²) in [6, 6.07) is 15.0. The van der Waals surface area contributed by atoms with Gasteiger partial charge in [-0.25, -0.2) is 4.79 Å². The van der Waals surface area contributed by atoms with E-state index in [-0.39, 0.29) is 18.1 Å². The van der Waals surface area contributed by atoms with Gasteiger partial charge in [-0.2, -0.15) is 0 Å². The summed E-state index contributed by atoms with van der Waals surface area (Å²) >= 11 is 0. The van der Waals surface area contributed by atoms with Crippen LogP contribution in [0, 0.1) is 5.92 Å². The summed E-state index contributed by atoms with van der Waals surface area (Å²) in [7, 11) is 3.49. The van der Waals surface area contributed by atoms with Crippen molar-refractivity contribution in [2.75, 3.05) is 40.4 Å². The molecule has 176 valence electrons. The molecule has 0 aromatic heterocycles. The molecule has 2 amide bonds. The first-order valence-electron chi connectivity index (χ1n) is 12.3. The summed E-state index contributed by atoms with van der Waals surface area (Å²) in [4.78, 5) is 18.0. The second kappa shape index (κ2) is 9.64. The molecule has 0 radical (unpaired) electrons. The number of amides is 2. The molecule has 3 aliphatic heterocycles. The minimum atomic E-state index is 0.0859. The van der Waals surface area contributed by atoms with Crippen LogP contribution in [-0.4, -0.2) is 62.3 Å². The van der Waals surface area contributed by atoms with Crippen LogP contribution in [0.3, 0.4) is 0 Å². The molecule has 3 atom stereocenters. The van der Waals surface area contributed by atoms with Crippen molar-refractivity contribution >= 4 is 6.03 Å². The predicted octanol–water partition coefficient (Wildman–Crippen LogP) is 4.04. The van der Waals surface area contributed by atoms with E-state index in [9.17, 15) is 4.79 Å².